The quantitative estimate of drug-likeness (QED) is 0.482. The lowest BCUT2D eigenvalue weighted by atomic mass is 10.1. The van der Waals surface area contributed by atoms with E-state index in [1.807, 2.05) is 63.2 Å². The Morgan fingerprint density at radius 2 is 1.48 bits per heavy atom. The second-order valence-electron chi connectivity index (χ2n) is 5.08. The van der Waals surface area contributed by atoms with Gasteiger partial charge >= 0.3 is 0 Å². The van der Waals surface area contributed by atoms with Crippen LogP contribution in [-0.4, -0.2) is 4.98 Å². The van der Waals surface area contributed by atoms with E-state index in [-0.39, 0.29) is 5.82 Å². The predicted octanol–water partition coefficient (Wildman–Crippen LogP) is 6.79. The summed E-state index contributed by atoms with van der Waals surface area (Å²) in [5.74, 6) is -0.226. The molecule has 0 fully saturated rings. The van der Waals surface area contributed by atoms with E-state index in [4.69, 9.17) is 0 Å². The largest absolute Gasteiger partial charge is 0.248 e. The minimum absolute atomic E-state index is 0.226. The molecule has 0 aliphatic carbocycles. The van der Waals surface area contributed by atoms with Gasteiger partial charge in [0.1, 0.15) is 5.82 Å². The molecule has 0 unspecified atom stereocenters. The van der Waals surface area contributed by atoms with E-state index >= 15 is 0 Å². The average molecular weight is 311 g/mol. The van der Waals surface area contributed by atoms with Crippen molar-refractivity contribution in [2.45, 2.75) is 41.0 Å². The summed E-state index contributed by atoms with van der Waals surface area (Å²) in [6.07, 6.45) is 1.25. The first-order valence-electron chi connectivity index (χ1n) is 8.28. The molecule has 0 radical (unpaired) electrons. The number of aryl methyl sites for hydroxylation is 1. The SMILES string of the molecule is CC.CCC.Cc1ccc(-c2cc(F)c3ccccc3n2)cc1. The molecule has 0 bridgehead atoms. The smallest absolute Gasteiger partial charge is 0.134 e. The number of nitrogens with zero attached hydrogens (tertiary/aromatic N) is 1. The van der Waals surface area contributed by atoms with E-state index in [0.29, 0.717) is 16.6 Å². The van der Waals surface area contributed by atoms with Crippen molar-refractivity contribution in [2.24, 2.45) is 0 Å². The number of pyridine rings is 1. The molecule has 3 aromatic rings. The molecule has 3 rings (SSSR count). The van der Waals surface area contributed by atoms with Gasteiger partial charge in [0.05, 0.1) is 11.2 Å². The minimum Gasteiger partial charge on any atom is -0.248 e. The Morgan fingerprint density at radius 1 is 0.913 bits per heavy atom. The zero-order chi connectivity index (χ0) is 17.2. The number of halogens is 1. The molecule has 0 amide bonds. The van der Waals surface area contributed by atoms with Crippen molar-refractivity contribution in [3.63, 3.8) is 0 Å². The predicted molar refractivity (Wildman–Crippen MR) is 99.2 cm³/mol. The molecule has 1 nitrogen and oxygen atoms in total. The van der Waals surface area contributed by atoms with Crippen LogP contribution in [0.25, 0.3) is 22.2 Å². The number of hydrogen-bond donors (Lipinski definition) is 0. The van der Waals surface area contributed by atoms with Crippen molar-refractivity contribution in [3.8, 4) is 11.3 Å². The number of rotatable bonds is 1. The van der Waals surface area contributed by atoms with E-state index in [1.54, 1.807) is 6.07 Å². The maximum atomic E-state index is 14.0. The highest BCUT2D eigenvalue weighted by molar-refractivity contribution is 5.82. The van der Waals surface area contributed by atoms with Gasteiger partial charge in [0.15, 0.2) is 0 Å². The summed E-state index contributed by atoms with van der Waals surface area (Å²) in [7, 11) is 0. The summed E-state index contributed by atoms with van der Waals surface area (Å²) in [5, 5.41) is 0.563. The maximum Gasteiger partial charge on any atom is 0.134 e. The molecular formula is C21H26FN. The monoisotopic (exact) mass is 311 g/mol. The van der Waals surface area contributed by atoms with Gasteiger partial charge in [-0.05, 0) is 19.1 Å². The van der Waals surface area contributed by atoms with Crippen LogP contribution in [0.3, 0.4) is 0 Å². The maximum absolute atomic E-state index is 14.0. The number of para-hydroxylation sites is 1. The van der Waals surface area contributed by atoms with Crippen LogP contribution >= 0.6 is 0 Å². The molecular weight excluding hydrogens is 285 g/mol. The van der Waals surface area contributed by atoms with Crippen LogP contribution in [0.1, 0.15) is 39.7 Å². The molecule has 1 aromatic heterocycles. The third kappa shape index (κ3) is 5.17. The third-order valence-corrected chi connectivity index (χ3v) is 3.01. The average Bonchev–Trinajstić information content (AvgIpc) is 2.58. The van der Waals surface area contributed by atoms with Crippen molar-refractivity contribution in [3.05, 3.63) is 66.0 Å². The second-order valence-corrected chi connectivity index (χ2v) is 5.08. The second kappa shape index (κ2) is 9.73. The lowest BCUT2D eigenvalue weighted by Crippen LogP contribution is -1.89. The zero-order valence-electron chi connectivity index (χ0n) is 14.7. The summed E-state index contributed by atoms with van der Waals surface area (Å²) >= 11 is 0. The highest BCUT2D eigenvalue weighted by Gasteiger charge is 2.06. The fourth-order valence-electron chi connectivity index (χ4n) is 2.01. The van der Waals surface area contributed by atoms with Gasteiger partial charge in [-0.15, -0.1) is 0 Å². The van der Waals surface area contributed by atoms with Gasteiger partial charge in [-0.25, -0.2) is 9.37 Å². The zero-order valence-corrected chi connectivity index (χ0v) is 14.7. The van der Waals surface area contributed by atoms with E-state index in [0.717, 1.165) is 5.56 Å². The molecule has 0 saturated heterocycles. The van der Waals surface area contributed by atoms with Crippen LogP contribution in [-0.2, 0) is 0 Å². The molecule has 0 aliphatic rings. The summed E-state index contributed by atoms with van der Waals surface area (Å²) in [5.41, 5.74) is 3.48. The topological polar surface area (TPSA) is 12.9 Å². The minimum atomic E-state index is -0.226. The van der Waals surface area contributed by atoms with Crippen molar-refractivity contribution in [1.82, 2.24) is 4.98 Å². The molecule has 2 heteroatoms. The fourth-order valence-corrected chi connectivity index (χ4v) is 2.01. The van der Waals surface area contributed by atoms with Crippen LogP contribution in [0.4, 0.5) is 4.39 Å². The lowest BCUT2D eigenvalue weighted by molar-refractivity contribution is 0.639. The molecule has 0 saturated carbocycles. The summed E-state index contributed by atoms with van der Waals surface area (Å²) in [4.78, 5) is 4.50. The lowest BCUT2D eigenvalue weighted by Gasteiger charge is -2.05. The van der Waals surface area contributed by atoms with Crippen molar-refractivity contribution in [1.29, 1.82) is 0 Å². The molecule has 0 spiro atoms. The normalized spacial score (nSPS) is 9.48. The van der Waals surface area contributed by atoms with E-state index < -0.39 is 0 Å². The van der Waals surface area contributed by atoms with Gasteiger partial charge in [-0.2, -0.15) is 0 Å². The van der Waals surface area contributed by atoms with E-state index in [2.05, 4.69) is 18.8 Å². The van der Waals surface area contributed by atoms with Gasteiger partial charge in [0.25, 0.3) is 0 Å². The van der Waals surface area contributed by atoms with Crippen LogP contribution in [0, 0.1) is 12.7 Å². The van der Waals surface area contributed by atoms with E-state index in [9.17, 15) is 4.39 Å². The first-order chi connectivity index (χ1) is 11.2. The number of aromatic nitrogens is 1. The fraction of sp³-hybridized carbons (Fsp3) is 0.286. The van der Waals surface area contributed by atoms with Crippen molar-refractivity contribution >= 4 is 10.9 Å². The van der Waals surface area contributed by atoms with Crippen LogP contribution < -0.4 is 0 Å². The highest BCUT2D eigenvalue weighted by atomic mass is 19.1. The Hall–Kier alpha value is -2.22. The van der Waals surface area contributed by atoms with Crippen LogP contribution in [0.5, 0.6) is 0 Å². The Labute approximate surface area is 139 Å². The van der Waals surface area contributed by atoms with Gasteiger partial charge in [-0.3, -0.25) is 0 Å². The standard InChI is InChI=1S/C16H12FN.C3H8.C2H6/c1-11-6-8-12(9-7-11)16-10-14(17)13-4-2-3-5-15(13)18-16;1-3-2;1-2/h2-10H,1H3;3H2,1-2H3;1-2H3. The van der Waals surface area contributed by atoms with Gasteiger partial charge < -0.3 is 0 Å². The van der Waals surface area contributed by atoms with Crippen LogP contribution in [0.2, 0.25) is 0 Å². The molecule has 2 aromatic carbocycles. The molecule has 0 N–H and O–H groups in total. The summed E-state index contributed by atoms with van der Waals surface area (Å²) in [6, 6.07) is 16.7. The van der Waals surface area contributed by atoms with Gasteiger partial charge in [-0.1, -0.05) is 76.1 Å². The first kappa shape index (κ1) is 18.8. The molecule has 1 heterocycles. The van der Waals surface area contributed by atoms with Crippen molar-refractivity contribution < 1.29 is 4.39 Å². The number of hydrogen-bond acceptors (Lipinski definition) is 1. The summed E-state index contributed by atoms with van der Waals surface area (Å²) in [6.45, 7) is 10.3. The number of fused-ring (bicyclic) bond motifs is 1. The molecule has 0 atom stereocenters. The Balaban J connectivity index is 0.000000477. The molecule has 122 valence electrons. The Kier molecular flexibility index (Phi) is 7.96. The number of benzene rings is 2. The summed E-state index contributed by atoms with van der Waals surface area (Å²) < 4.78 is 14.0. The first-order valence-corrected chi connectivity index (χ1v) is 8.28. The highest BCUT2D eigenvalue weighted by Crippen LogP contribution is 2.23. The van der Waals surface area contributed by atoms with Crippen molar-refractivity contribution in [2.75, 3.05) is 0 Å². The Morgan fingerprint density at radius 3 is 2.09 bits per heavy atom. The third-order valence-electron chi connectivity index (χ3n) is 3.01. The molecule has 0 aliphatic heterocycles. The molecule has 23 heavy (non-hydrogen) atoms. The Bertz CT molecular complexity index is 717. The van der Waals surface area contributed by atoms with E-state index in [1.165, 1.54) is 18.1 Å². The van der Waals surface area contributed by atoms with Gasteiger partial charge in [0, 0.05) is 17.0 Å². The van der Waals surface area contributed by atoms with Crippen LogP contribution in [0.15, 0.2) is 54.6 Å². The van der Waals surface area contributed by atoms with Gasteiger partial charge in [0.2, 0.25) is 0 Å².